The summed E-state index contributed by atoms with van der Waals surface area (Å²) in [6.45, 7) is 0. The highest BCUT2D eigenvalue weighted by Gasteiger charge is 2.24. The molecule has 0 unspecified atom stereocenters. The molecule has 4 heteroatoms. The van der Waals surface area contributed by atoms with Crippen molar-refractivity contribution in [2.75, 3.05) is 0 Å². The molecule has 11 rings (SSSR count). The number of aromatic nitrogens is 3. The topological polar surface area (TPSA) is 30.7 Å². The first kappa shape index (κ1) is 26.0. The number of hydrogen-bond acceptors (Lipinski definition) is 3. The molecule has 48 heavy (non-hydrogen) atoms. The van der Waals surface area contributed by atoms with E-state index in [2.05, 4.69) is 156 Å². The molecule has 11 aromatic rings. The summed E-state index contributed by atoms with van der Waals surface area (Å²) < 4.78 is 4.88. The molecule has 0 aliphatic carbocycles. The fourth-order valence-corrected chi connectivity index (χ4v) is 9.26. The number of para-hydroxylation sites is 1. The van der Waals surface area contributed by atoms with Gasteiger partial charge in [0.05, 0.1) is 26.9 Å². The number of benzene rings is 8. The van der Waals surface area contributed by atoms with Crippen molar-refractivity contribution in [3.8, 4) is 17.2 Å². The summed E-state index contributed by atoms with van der Waals surface area (Å²) in [5.74, 6) is 0.682. The Morgan fingerprint density at radius 2 is 0.958 bits per heavy atom. The van der Waals surface area contributed by atoms with Crippen LogP contribution in [0.2, 0.25) is 0 Å². The Kier molecular flexibility index (Phi) is 5.26. The SMILES string of the molecule is c1ccc(-c2nc(-n3c4ccccc4c4c5ccccc5c5c6ccccc6sc5c43)nc3c4ccccc4c4ccccc4c23)cc1. The van der Waals surface area contributed by atoms with Crippen molar-refractivity contribution in [3.05, 3.63) is 152 Å². The van der Waals surface area contributed by atoms with Gasteiger partial charge in [-0.1, -0.05) is 140 Å². The van der Waals surface area contributed by atoms with Crippen LogP contribution in [0.15, 0.2) is 152 Å². The number of rotatable bonds is 2. The first-order valence-corrected chi connectivity index (χ1v) is 17.1. The second kappa shape index (κ2) is 9.71. The van der Waals surface area contributed by atoms with Crippen LogP contribution in [0.1, 0.15) is 0 Å². The Balaban J connectivity index is 1.41. The van der Waals surface area contributed by atoms with Crippen LogP contribution >= 0.6 is 11.3 Å². The average molecular weight is 628 g/mol. The first-order chi connectivity index (χ1) is 23.8. The lowest BCUT2D eigenvalue weighted by Crippen LogP contribution is -2.04. The Labute approximate surface area is 278 Å². The lowest BCUT2D eigenvalue weighted by Gasteiger charge is -2.16. The molecule has 0 amide bonds. The van der Waals surface area contributed by atoms with Crippen LogP contribution in [0.25, 0.3) is 102 Å². The molecule has 8 aromatic carbocycles. The molecule has 0 aliphatic heterocycles. The summed E-state index contributed by atoms with van der Waals surface area (Å²) in [5.41, 5.74) is 5.25. The zero-order chi connectivity index (χ0) is 31.3. The van der Waals surface area contributed by atoms with E-state index in [1.165, 1.54) is 52.5 Å². The second-order valence-corrected chi connectivity index (χ2v) is 13.5. The third-order valence-electron chi connectivity index (χ3n) is 9.96. The predicted molar refractivity (Wildman–Crippen MR) is 205 cm³/mol. The first-order valence-electron chi connectivity index (χ1n) is 16.3. The molecular weight excluding hydrogens is 603 g/mol. The van der Waals surface area contributed by atoms with E-state index < -0.39 is 0 Å². The minimum atomic E-state index is 0.682. The Hall–Kier alpha value is -6.10. The zero-order valence-corrected chi connectivity index (χ0v) is 26.5. The monoisotopic (exact) mass is 627 g/mol. The van der Waals surface area contributed by atoms with Gasteiger partial charge in [0.25, 0.3) is 0 Å². The number of fused-ring (bicyclic) bond motifs is 16. The Morgan fingerprint density at radius 1 is 0.417 bits per heavy atom. The van der Waals surface area contributed by atoms with Gasteiger partial charge >= 0.3 is 0 Å². The zero-order valence-electron chi connectivity index (χ0n) is 25.7. The minimum absolute atomic E-state index is 0.682. The van der Waals surface area contributed by atoms with E-state index in [4.69, 9.17) is 9.97 Å². The van der Waals surface area contributed by atoms with Crippen molar-refractivity contribution < 1.29 is 0 Å². The largest absolute Gasteiger partial charge is 0.276 e. The number of nitrogens with zero attached hydrogens (tertiary/aromatic N) is 3. The van der Waals surface area contributed by atoms with Gasteiger partial charge in [0, 0.05) is 42.6 Å². The third-order valence-corrected chi connectivity index (χ3v) is 11.1. The number of thiophene rings is 1. The maximum atomic E-state index is 5.58. The molecule has 3 heterocycles. The summed E-state index contributed by atoms with van der Waals surface area (Å²) in [7, 11) is 0. The molecule has 0 radical (unpaired) electrons. The van der Waals surface area contributed by atoms with Crippen molar-refractivity contribution in [1.82, 2.24) is 14.5 Å². The average Bonchev–Trinajstić information content (AvgIpc) is 3.72. The molecule has 0 bridgehead atoms. The van der Waals surface area contributed by atoms with Crippen LogP contribution < -0.4 is 0 Å². The van der Waals surface area contributed by atoms with E-state index in [9.17, 15) is 0 Å². The standard InChI is InChI=1S/C44H25N3S/c1-2-14-26(15-3-1)40-39-29-18-6-4-16-27(29)28-17-5-9-21-32(28)41(39)46-44(45-40)47-35-24-12-10-22-33(35)37-30-19-7-8-20-31(30)38-34-23-11-13-25-36(34)48-43(38)42(37)47/h1-25H. The van der Waals surface area contributed by atoms with Crippen LogP contribution in [0.4, 0.5) is 0 Å². The van der Waals surface area contributed by atoms with Crippen molar-refractivity contribution in [3.63, 3.8) is 0 Å². The molecule has 0 atom stereocenters. The molecule has 222 valence electrons. The van der Waals surface area contributed by atoms with Gasteiger partial charge in [-0.05, 0) is 39.1 Å². The molecule has 0 saturated carbocycles. The fourth-order valence-electron chi connectivity index (χ4n) is 8.00. The van der Waals surface area contributed by atoms with E-state index in [0.717, 1.165) is 44.0 Å². The van der Waals surface area contributed by atoms with Crippen LogP contribution in [-0.2, 0) is 0 Å². The molecule has 3 nitrogen and oxygen atoms in total. The smallest absolute Gasteiger partial charge is 0.235 e. The molecule has 0 N–H and O–H groups in total. The highest BCUT2D eigenvalue weighted by molar-refractivity contribution is 7.27. The molecule has 3 aromatic heterocycles. The van der Waals surface area contributed by atoms with Gasteiger partial charge in [-0.25, -0.2) is 9.97 Å². The lowest BCUT2D eigenvalue weighted by molar-refractivity contribution is 1.02. The summed E-state index contributed by atoms with van der Waals surface area (Å²) >= 11 is 1.86. The normalized spacial score (nSPS) is 12.2. The Morgan fingerprint density at radius 3 is 1.71 bits per heavy atom. The van der Waals surface area contributed by atoms with Gasteiger partial charge < -0.3 is 0 Å². The van der Waals surface area contributed by atoms with Gasteiger partial charge in [-0.3, -0.25) is 4.57 Å². The minimum Gasteiger partial charge on any atom is -0.276 e. The highest BCUT2D eigenvalue weighted by Crippen LogP contribution is 2.48. The quantitative estimate of drug-likeness (QED) is 0.179. The summed E-state index contributed by atoms with van der Waals surface area (Å²) in [6.07, 6.45) is 0. The van der Waals surface area contributed by atoms with Crippen LogP contribution in [-0.4, -0.2) is 14.5 Å². The summed E-state index contributed by atoms with van der Waals surface area (Å²) in [6, 6.07) is 54.3. The van der Waals surface area contributed by atoms with Crippen molar-refractivity contribution in [2.24, 2.45) is 0 Å². The van der Waals surface area contributed by atoms with Gasteiger partial charge in [-0.2, -0.15) is 0 Å². The Bertz CT molecular complexity index is 3120. The summed E-state index contributed by atoms with van der Waals surface area (Å²) in [4.78, 5) is 11.1. The molecule has 0 fully saturated rings. The summed E-state index contributed by atoms with van der Waals surface area (Å²) in [5, 5.41) is 13.3. The third kappa shape index (κ3) is 3.42. The van der Waals surface area contributed by atoms with Gasteiger partial charge in [-0.15, -0.1) is 11.3 Å². The predicted octanol–water partition coefficient (Wildman–Crippen LogP) is 12.2. The molecule has 0 saturated heterocycles. The van der Waals surface area contributed by atoms with Crippen molar-refractivity contribution in [2.45, 2.75) is 0 Å². The molecule has 0 aliphatic rings. The van der Waals surface area contributed by atoms with E-state index >= 15 is 0 Å². The highest BCUT2D eigenvalue weighted by atomic mass is 32.1. The van der Waals surface area contributed by atoms with Crippen LogP contribution in [0.5, 0.6) is 0 Å². The van der Waals surface area contributed by atoms with Gasteiger partial charge in [0.1, 0.15) is 0 Å². The lowest BCUT2D eigenvalue weighted by atomic mass is 9.94. The van der Waals surface area contributed by atoms with E-state index in [0.29, 0.717) is 5.95 Å². The molecule has 0 spiro atoms. The van der Waals surface area contributed by atoms with Crippen LogP contribution in [0.3, 0.4) is 0 Å². The van der Waals surface area contributed by atoms with Crippen molar-refractivity contribution >= 4 is 96.5 Å². The van der Waals surface area contributed by atoms with E-state index in [-0.39, 0.29) is 0 Å². The van der Waals surface area contributed by atoms with Gasteiger partial charge in [0.15, 0.2) is 0 Å². The van der Waals surface area contributed by atoms with E-state index in [1.807, 2.05) is 11.3 Å². The van der Waals surface area contributed by atoms with E-state index in [1.54, 1.807) is 0 Å². The fraction of sp³-hybridized carbons (Fsp3) is 0. The van der Waals surface area contributed by atoms with Gasteiger partial charge in [0.2, 0.25) is 5.95 Å². The van der Waals surface area contributed by atoms with Crippen LogP contribution in [0, 0.1) is 0 Å². The molecular formula is C44H25N3S. The maximum absolute atomic E-state index is 5.58. The number of hydrogen-bond donors (Lipinski definition) is 0. The second-order valence-electron chi connectivity index (χ2n) is 12.5. The van der Waals surface area contributed by atoms with Crippen molar-refractivity contribution in [1.29, 1.82) is 0 Å². The maximum Gasteiger partial charge on any atom is 0.235 e.